The molecular formula is C17H16ClN3O6. The number of methoxy groups -OCH3 is 1. The third-order valence-electron chi connectivity index (χ3n) is 3.42. The van der Waals surface area contributed by atoms with Crippen molar-refractivity contribution in [1.82, 2.24) is 5.43 Å². The third kappa shape index (κ3) is 5.08. The number of aryl methyl sites for hydroxylation is 1. The van der Waals surface area contributed by atoms with Crippen molar-refractivity contribution in [1.29, 1.82) is 0 Å². The van der Waals surface area contributed by atoms with Gasteiger partial charge in [-0.15, -0.1) is 0 Å². The quantitative estimate of drug-likeness (QED) is 0.423. The highest BCUT2D eigenvalue weighted by Gasteiger charge is 2.23. The van der Waals surface area contributed by atoms with Gasteiger partial charge in [0.05, 0.1) is 23.8 Å². The Morgan fingerprint density at radius 1 is 1.41 bits per heavy atom. The smallest absolute Gasteiger partial charge is 0.323 e. The molecule has 0 unspecified atom stereocenters. The minimum absolute atomic E-state index is 0.0456. The zero-order valence-electron chi connectivity index (χ0n) is 14.4. The average molecular weight is 394 g/mol. The molecule has 10 heteroatoms. The maximum Gasteiger partial charge on any atom is 0.323 e. The minimum Gasteiger partial charge on any atom is -0.504 e. The molecule has 2 aromatic rings. The molecule has 0 radical (unpaired) electrons. The van der Waals surface area contributed by atoms with Gasteiger partial charge in [-0.1, -0.05) is 11.6 Å². The van der Waals surface area contributed by atoms with Crippen molar-refractivity contribution >= 4 is 29.4 Å². The van der Waals surface area contributed by atoms with E-state index >= 15 is 0 Å². The highest BCUT2D eigenvalue weighted by Crippen LogP contribution is 2.37. The highest BCUT2D eigenvalue weighted by molar-refractivity contribution is 6.31. The Labute approximate surface area is 159 Å². The molecular weight excluding hydrogens is 378 g/mol. The molecule has 0 aliphatic heterocycles. The Kier molecular flexibility index (Phi) is 6.56. The normalized spacial score (nSPS) is 10.6. The van der Waals surface area contributed by atoms with Gasteiger partial charge in [0.1, 0.15) is 5.75 Å². The predicted octanol–water partition coefficient (Wildman–Crippen LogP) is 2.80. The molecule has 0 aliphatic rings. The molecule has 9 nitrogen and oxygen atoms in total. The summed E-state index contributed by atoms with van der Waals surface area (Å²) in [5.41, 5.74) is 2.58. The second-order valence-electron chi connectivity index (χ2n) is 5.31. The van der Waals surface area contributed by atoms with E-state index in [1.54, 1.807) is 25.1 Å². The van der Waals surface area contributed by atoms with Gasteiger partial charge >= 0.3 is 5.69 Å². The number of carbonyl (C=O) groups excluding carboxylic acids is 1. The van der Waals surface area contributed by atoms with Gasteiger partial charge in [-0.25, -0.2) is 5.43 Å². The lowest BCUT2D eigenvalue weighted by Crippen LogP contribution is -2.24. The number of benzene rings is 2. The molecule has 0 bridgehead atoms. The zero-order chi connectivity index (χ0) is 20.0. The van der Waals surface area contributed by atoms with Crippen LogP contribution < -0.4 is 14.9 Å². The lowest BCUT2D eigenvalue weighted by atomic mass is 10.1. The number of nitrogens with one attached hydrogen (secondary N) is 1. The monoisotopic (exact) mass is 393 g/mol. The summed E-state index contributed by atoms with van der Waals surface area (Å²) in [6, 6.07) is 7.46. The van der Waals surface area contributed by atoms with E-state index in [-0.39, 0.29) is 23.7 Å². The Morgan fingerprint density at radius 3 is 2.78 bits per heavy atom. The third-order valence-corrected chi connectivity index (χ3v) is 3.84. The Hall–Kier alpha value is -3.33. The number of hydrogen-bond acceptors (Lipinski definition) is 7. The number of nitro benzene ring substituents is 1. The number of phenols is 1. The number of ether oxygens (including phenoxy) is 2. The minimum atomic E-state index is -0.715. The van der Waals surface area contributed by atoms with Crippen LogP contribution in [-0.4, -0.2) is 35.9 Å². The van der Waals surface area contributed by atoms with Crippen LogP contribution in [0.25, 0.3) is 0 Å². The van der Waals surface area contributed by atoms with Crippen LogP contribution in [0.1, 0.15) is 11.1 Å². The van der Waals surface area contributed by atoms with Crippen molar-refractivity contribution in [2.75, 3.05) is 13.7 Å². The molecule has 0 spiro atoms. The summed E-state index contributed by atoms with van der Waals surface area (Å²) in [6.07, 6.45) is 1.07. The first-order valence-corrected chi connectivity index (χ1v) is 7.96. The van der Waals surface area contributed by atoms with Gasteiger partial charge in [-0.3, -0.25) is 14.9 Å². The van der Waals surface area contributed by atoms with Crippen molar-refractivity contribution in [3.05, 3.63) is 56.6 Å². The summed E-state index contributed by atoms with van der Waals surface area (Å²) in [5.74, 6) is -0.768. The molecule has 0 heterocycles. The topological polar surface area (TPSA) is 123 Å². The van der Waals surface area contributed by atoms with Gasteiger partial charge in [0.15, 0.2) is 12.4 Å². The van der Waals surface area contributed by atoms with Crippen LogP contribution in [0.4, 0.5) is 5.69 Å². The Balaban J connectivity index is 2.01. The summed E-state index contributed by atoms with van der Waals surface area (Å²) in [6.45, 7) is 1.50. The molecule has 0 saturated carbocycles. The number of carbonyl (C=O) groups is 1. The number of phenolic OH excluding ortho intramolecular Hbond substituents is 1. The molecule has 0 saturated heterocycles. The first kappa shape index (κ1) is 20.0. The van der Waals surface area contributed by atoms with Gasteiger partial charge in [-0.2, -0.15) is 5.10 Å². The second kappa shape index (κ2) is 8.86. The van der Waals surface area contributed by atoms with Crippen molar-refractivity contribution < 1.29 is 24.3 Å². The van der Waals surface area contributed by atoms with Crippen molar-refractivity contribution in [2.45, 2.75) is 6.92 Å². The second-order valence-corrected chi connectivity index (χ2v) is 5.71. The first-order valence-electron chi connectivity index (χ1n) is 7.58. The molecule has 2 rings (SSSR count). The fraction of sp³-hybridized carbons (Fsp3) is 0.176. The van der Waals surface area contributed by atoms with Gasteiger partial charge < -0.3 is 14.6 Å². The SMILES string of the molecule is COc1c(O)ccc(C=NNC(=O)COc2ccc(Cl)c(C)c2)c1[N+](=O)[O-]. The Bertz CT molecular complexity index is 900. The highest BCUT2D eigenvalue weighted by atomic mass is 35.5. The molecule has 0 atom stereocenters. The summed E-state index contributed by atoms with van der Waals surface area (Å²) in [4.78, 5) is 22.3. The van der Waals surface area contributed by atoms with E-state index < -0.39 is 16.5 Å². The number of nitro groups is 1. The number of halogens is 1. The number of hydrogen-bond donors (Lipinski definition) is 2. The zero-order valence-corrected chi connectivity index (χ0v) is 15.2. The van der Waals surface area contributed by atoms with Crippen LogP contribution in [0.2, 0.25) is 5.02 Å². The lowest BCUT2D eigenvalue weighted by molar-refractivity contribution is -0.386. The molecule has 0 aromatic heterocycles. The molecule has 27 heavy (non-hydrogen) atoms. The van der Waals surface area contributed by atoms with E-state index in [1.807, 2.05) is 0 Å². The van der Waals surface area contributed by atoms with Crippen LogP contribution in [0, 0.1) is 17.0 Å². The van der Waals surface area contributed by atoms with Crippen molar-refractivity contribution in [3.8, 4) is 17.2 Å². The maximum atomic E-state index is 11.8. The molecule has 142 valence electrons. The van der Waals surface area contributed by atoms with E-state index in [0.29, 0.717) is 10.8 Å². The van der Waals surface area contributed by atoms with Gasteiger partial charge in [0.2, 0.25) is 5.75 Å². The predicted molar refractivity (Wildman–Crippen MR) is 98.7 cm³/mol. The number of aromatic hydroxyl groups is 1. The standard InChI is InChI=1S/C17H16ClN3O6/c1-10-7-12(4-5-13(10)18)27-9-15(23)20-19-8-11-3-6-14(22)17(26-2)16(11)21(24)25/h3-8,22H,9H2,1-2H3,(H,20,23). The maximum absolute atomic E-state index is 11.8. The van der Waals surface area contributed by atoms with Crippen LogP contribution >= 0.6 is 11.6 Å². The molecule has 2 N–H and O–H groups in total. The largest absolute Gasteiger partial charge is 0.504 e. The van der Waals surface area contributed by atoms with Gasteiger partial charge in [0, 0.05) is 5.02 Å². The van der Waals surface area contributed by atoms with Crippen LogP contribution in [0.15, 0.2) is 35.4 Å². The van der Waals surface area contributed by atoms with Crippen molar-refractivity contribution in [2.24, 2.45) is 5.10 Å². The first-order chi connectivity index (χ1) is 12.8. The number of hydrazone groups is 1. The number of nitrogens with zero attached hydrogens (tertiary/aromatic N) is 2. The summed E-state index contributed by atoms with van der Waals surface area (Å²) >= 11 is 5.91. The van der Waals surface area contributed by atoms with Crippen LogP contribution in [0.5, 0.6) is 17.2 Å². The van der Waals surface area contributed by atoms with Crippen LogP contribution in [0.3, 0.4) is 0 Å². The lowest BCUT2D eigenvalue weighted by Gasteiger charge is -2.07. The summed E-state index contributed by atoms with van der Waals surface area (Å²) in [7, 11) is 1.20. The molecule has 1 amide bonds. The van der Waals surface area contributed by atoms with Crippen LogP contribution in [-0.2, 0) is 4.79 Å². The van der Waals surface area contributed by atoms with Crippen molar-refractivity contribution in [3.63, 3.8) is 0 Å². The average Bonchev–Trinajstić information content (AvgIpc) is 2.63. The van der Waals surface area contributed by atoms with E-state index in [4.69, 9.17) is 21.1 Å². The van der Waals surface area contributed by atoms with E-state index in [2.05, 4.69) is 10.5 Å². The number of amides is 1. The fourth-order valence-corrected chi connectivity index (χ4v) is 2.25. The summed E-state index contributed by atoms with van der Waals surface area (Å²) < 4.78 is 10.2. The van der Waals surface area contributed by atoms with E-state index in [9.17, 15) is 20.0 Å². The fourth-order valence-electron chi connectivity index (χ4n) is 2.13. The molecule has 0 fully saturated rings. The van der Waals surface area contributed by atoms with E-state index in [0.717, 1.165) is 11.8 Å². The summed E-state index contributed by atoms with van der Waals surface area (Å²) in [5, 5.41) is 25.1. The number of rotatable bonds is 7. The van der Waals surface area contributed by atoms with E-state index in [1.165, 1.54) is 19.2 Å². The van der Waals surface area contributed by atoms with Gasteiger partial charge in [0.25, 0.3) is 5.91 Å². The molecule has 2 aromatic carbocycles. The Morgan fingerprint density at radius 2 is 2.15 bits per heavy atom. The molecule has 0 aliphatic carbocycles. The van der Waals surface area contributed by atoms with Gasteiger partial charge in [-0.05, 0) is 42.8 Å².